The van der Waals surface area contributed by atoms with Gasteiger partial charge in [0.05, 0.1) is 6.54 Å². The Labute approximate surface area is 118 Å². The fourth-order valence-electron chi connectivity index (χ4n) is 2.51. The van der Waals surface area contributed by atoms with Crippen molar-refractivity contribution in [2.75, 3.05) is 19.6 Å². The van der Waals surface area contributed by atoms with Crippen molar-refractivity contribution in [2.24, 2.45) is 0 Å². The van der Waals surface area contributed by atoms with Crippen LogP contribution in [0.4, 0.5) is 0 Å². The highest BCUT2D eigenvalue weighted by molar-refractivity contribution is 5.79. The monoisotopic (exact) mass is 281 g/mol. The van der Waals surface area contributed by atoms with Gasteiger partial charge in [0.15, 0.2) is 0 Å². The molecule has 0 saturated carbocycles. The summed E-state index contributed by atoms with van der Waals surface area (Å²) in [5.41, 5.74) is -0.393. The van der Waals surface area contributed by atoms with Gasteiger partial charge in [0.1, 0.15) is 5.76 Å². The van der Waals surface area contributed by atoms with Crippen LogP contribution >= 0.6 is 0 Å². The van der Waals surface area contributed by atoms with E-state index in [1.165, 1.54) is 12.5 Å². The number of nitrogens with one attached hydrogen (secondary N) is 1. The van der Waals surface area contributed by atoms with Gasteiger partial charge in [-0.1, -0.05) is 0 Å². The molecule has 0 bridgehead atoms. The van der Waals surface area contributed by atoms with Crippen molar-refractivity contribution >= 4 is 5.91 Å². The molecule has 6 heteroatoms. The Kier molecular flexibility index (Phi) is 4.77. The minimum Gasteiger partial charge on any atom is -0.373 e. The molecule has 0 aromatic carbocycles. The normalized spacial score (nSPS) is 19.1. The first-order valence-corrected chi connectivity index (χ1v) is 7.18. The number of rotatable bonds is 5. The summed E-state index contributed by atoms with van der Waals surface area (Å²) in [7, 11) is 0. The highest BCUT2D eigenvalue weighted by Crippen LogP contribution is 2.09. The molecule has 1 unspecified atom stereocenters. The molecule has 1 saturated heterocycles. The zero-order valence-corrected chi connectivity index (χ0v) is 12.4. The first kappa shape index (κ1) is 15.0. The number of aromatic nitrogens is 1. The second kappa shape index (κ2) is 6.37. The average molecular weight is 281 g/mol. The number of aryl methyl sites for hydroxylation is 1. The maximum Gasteiger partial charge on any atom is 0.290 e. The van der Waals surface area contributed by atoms with Crippen LogP contribution in [0.5, 0.6) is 0 Å². The van der Waals surface area contributed by atoms with Crippen LogP contribution in [0.2, 0.25) is 0 Å². The third-order valence-corrected chi connectivity index (χ3v) is 3.67. The van der Waals surface area contributed by atoms with Crippen molar-refractivity contribution in [3.63, 3.8) is 0 Å². The lowest BCUT2D eigenvalue weighted by atomic mass is 10.2. The first-order chi connectivity index (χ1) is 9.47. The fourth-order valence-corrected chi connectivity index (χ4v) is 2.51. The molecule has 2 heterocycles. The van der Waals surface area contributed by atoms with Gasteiger partial charge in [0.2, 0.25) is 0 Å². The SMILES string of the molecule is Cc1cc(=O)n(C(=O)CN(CC2CCCN2)C(C)C)o1. The van der Waals surface area contributed by atoms with Gasteiger partial charge in [-0.2, -0.15) is 0 Å². The van der Waals surface area contributed by atoms with Gasteiger partial charge in [-0.3, -0.25) is 14.5 Å². The minimum atomic E-state index is -0.393. The molecule has 1 aliphatic heterocycles. The van der Waals surface area contributed by atoms with E-state index in [1.54, 1.807) is 6.92 Å². The molecule has 1 N–H and O–H groups in total. The Bertz CT molecular complexity index is 512. The van der Waals surface area contributed by atoms with Crippen molar-refractivity contribution in [1.29, 1.82) is 0 Å². The van der Waals surface area contributed by atoms with Crippen molar-refractivity contribution < 1.29 is 9.32 Å². The molecule has 0 radical (unpaired) electrons. The zero-order chi connectivity index (χ0) is 14.7. The van der Waals surface area contributed by atoms with Crippen LogP contribution in [0, 0.1) is 6.92 Å². The Morgan fingerprint density at radius 2 is 2.35 bits per heavy atom. The van der Waals surface area contributed by atoms with E-state index < -0.39 is 5.56 Å². The molecule has 112 valence electrons. The van der Waals surface area contributed by atoms with Crippen molar-refractivity contribution in [1.82, 2.24) is 15.0 Å². The summed E-state index contributed by atoms with van der Waals surface area (Å²) >= 11 is 0. The van der Waals surface area contributed by atoms with E-state index in [-0.39, 0.29) is 18.5 Å². The van der Waals surface area contributed by atoms with Gasteiger partial charge in [-0.05, 0) is 40.2 Å². The summed E-state index contributed by atoms with van der Waals surface area (Å²) in [5, 5.41) is 3.43. The van der Waals surface area contributed by atoms with Crippen LogP contribution in [-0.2, 0) is 0 Å². The number of carbonyl (C=O) groups is 1. The van der Waals surface area contributed by atoms with Gasteiger partial charge in [0.25, 0.3) is 11.5 Å². The van der Waals surface area contributed by atoms with E-state index in [9.17, 15) is 9.59 Å². The van der Waals surface area contributed by atoms with Crippen molar-refractivity contribution in [3.8, 4) is 0 Å². The molecule has 1 atom stereocenters. The molecule has 1 aliphatic rings. The Hall–Kier alpha value is -1.40. The molecule has 1 fully saturated rings. The van der Waals surface area contributed by atoms with E-state index in [1.807, 2.05) is 0 Å². The van der Waals surface area contributed by atoms with E-state index in [0.717, 1.165) is 24.3 Å². The second-order valence-corrected chi connectivity index (χ2v) is 5.69. The molecule has 1 aromatic rings. The van der Waals surface area contributed by atoms with E-state index in [2.05, 4.69) is 24.1 Å². The standard InChI is InChI=1S/C14H23N3O3/c1-10(2)16(8-12-5-4-6-15-12)9-14(19)17-13(18)7-11(3)20-17/h7,10,12,15H,4-6,8-9H2,1-3H3. The molecule has 0 amide bonds. The van der Waals surface area contributed by atoms with Crippen molar-refractivity contribution in [2.45, 2.75) is 45.7 Å². The number of nitrogens with zero attached hydrogens (tertiary/aromatic N) is 2. The molecule has 0 spiro atoms. The van der Waals surface area contributed by atoms with Gasteiger partial charge < -0.3 is 9.84 Å². The maximum atomic E-state index is 12.2. The highest BCUT2D eigenvalue weighted by atomic mass is 16.5. The van der Waals surface area contributed by atoms with Crippen LogP contribution < -0.4 is 10.9 Å². The topological polar surface area (TPSA) is 67.5 Å². The van der Waals surface area contributed by atoms with E-state index in [0.29, 0.717) is 11.8 Å². The quantitative estimate of drug-likeness (QED) is 0.866. The summed E-state index contributed by atoms with van der Waals surface area (Å²) in [4.78, 5) is 25.8. The summed E-state index contributed by atoms with van der Waals surface area (Å²) in [6.07, 6.45) is 2.32. The average Bonchev–Trinajstić information content (AvgIpc) is 2.97. The highest BCUT2D eigenvalue weighted by Gasteiger charge is 2.23. The molecule has 0 aliphatic carbocycles. The molecular formula is C14H23N3O3. The predicted octanol–water partition coefficient (Wildman–Crippen LogP) is 0.852. The predicted molar refractivity (Wildman–Crippen MR) is 76.1 cm³/mol. The number of hydrogen-bond donors (Lipinski definition) is 1. The van der Waals surface area contributed by atoms with Gasteiger partial charge in [-0.25, -0.2) is 0 Å². The van der Waals surface area contributed by atoms with Crippen LogP contribution in [0.25, 0.3) is 0 Å². The van der Waals surface area contributed by atoms with Gasteiger partial charge in [0, 0.05) is 24.7 Å². The first-order valence-electron chi connectivity index (χ1n) is 7.18. The molecule has 20 heavy (non-hydrogen) atoms. The summed E-state index contributed by atoms with van der Waals surface area (Å²) in [6.45, 7) is 7.83. The molecular weight excluding hydrogens is 258 g/mol. The zero-order valence-electron chi connectivity index (χ0n) is 12.4. The van der Waals surface area contributed by atoms with Gasteiger partial charge >= 0.3 is 0 Å². The van der Waals surface area contributed by atoms with Crippen LogP contribution in [-0.4, -0.2) is 47.3 Å². The molecule has 1 aromatic heterocycles. The summed E-state index contributed by atoms with van der Waals surface area (Å²) < 4.78 is 5.99. The number of hydrogen-bond acceptors (Lipinski definition) is 5. The van der Waals surface area contributed by atoms with E-state index in [4.69, 9.17) is 4.52 Å². The summed E-state index contributed by atoms with van der Waals surface area (Å²) in [5.74, 6) is 0.145. The van der Waals surface area contributed by atoms with E-state index >= 15 is 0 Å². The second-order valence-electron chi connectivity index (χ2n) is 5.69. The largest absolute Gasteiger partial charge is 0.373 e. The summed E-state index contributed by atoms with van der Waals surface area (Å²) in [6, 6.07) is 2.00. The lowest BCUT2D eigenvalue weighted by Crippen LogP contribution is -2.45. The van der Waals surface area contributed by atoms with Gasteiger partial charge in [-0.15, -0.1) is 4.74 Å². The van der Waals surface area contributed by atoms with Crippen molar-refractivity contribution in [3.05, 3.63) is 22.2 Å². The third-order valence-electron chi connectivity index (χ3n) is 3.67. The third kappa shape index (κ3) is 3.58. The maximum absolute atomic E-state index is 12.2. The smallest absolute Gasteiger partial charge is 0.290 e. The Morgan fingerprint density at radius 1 is 1.60 bits per heavy atom. The minimum absolute atomic E-state index is 0.197. The lowest BCUT2D eigenvalue weighted by molar-refractivity contribution is 0.0682. The lowest BCUT2D eigenvalue weighted by Gasteiger charge is -2.28. The molecule has 2 rings (SSSR count). The van der Waals surface area contributed by atoms with Crippen LogP contribution in [0.1, 0.15) is 37.2 Å². The number of carbonyl (C=O) groups excluding carboxylic acids is 1. The Balaban J connectivity index is 2.02. The molecule has 6 nitrogen and oxygen atoms in total. The van der Waals surface area contributed by atoms with Crippen LogP contribution in [0.3, 0.4) is 0 Å². The fraction of sp³-hybridized carbons (Fsp3) is 0.714. The van der Waals surface area contributed by atoms with Crippen LogP contribution in [0.15, 0.2) is 15.4 Å². The Morgan fingerprint density at radius 3 is 2.85 bits per heavy atom.